The number of nitrogens with zero attached hydrogens (tertiary/aromatic N) is 1. The monoisotopic (exact) mass is 313 g/mol. The summed E-state index contributed by atoms with van der Waals surface area (Å²) in [5.41, 5.74) is 2.24. The first-order valence-electron chi connectivity index (χ1n) is 5.70. The molecule has 20 heavy (non-hydrogen) atoms. The molecule has 0 saturated carbocycles. The maximum atomic E-state index is 11.7. The van der Waals surface area contributed by atoms with Crippen LogP contribution in [0.25, 0.3) is 0 Å². The molecular weight excluding hydrogens is 302 g/mol. The molecule has 1 unspecified atom stereocenters. The van der Waals surface area contributed by atoms with Gasteiger partial charge in [-0.25, -0.2) is 15.4 Å². The highest BCUT2D eigenvalue weighted by Gasteiger charge is 2.35. The fourth-order valence-electron chi connectivity index (χ4n) is 1.74. The summed E-state index contributed by atoms with van der Waals surface area (Å²) in [7, 11) is 0. The number of nitrogens with one attached hydrogen (secondary N) is 1. The second kappa shape index (κ2) is 6.67. The molecule has 0 radical (unpaired) electrons. The number of rotatable bonds is 3. The number of halogens is 1. The van der Waals surface area contributed by atoms with Crippen molar-refractivity contribution in [3.05, 3.63) is 35.0 Å². The van der Waals surface area contributed by atoms with Gasteiger partial charge in [0.05, 0.1) is 5.02 Å². The van der Waals surface area contributed by atoms with Crippen molar-refractivity contribution in [3.8, 4) is 5.75 Å². The highest BCUT2D eigenvalue weighted by molar-refractivity contribution is 8.00. The van der Waals surface area contributed by atoms with Crippen molar-refractivity contribution in [2.45, 2.75) is 5.37 Å². The zero-order valence-electron chi connectivity index (χ0n) is 10.3. The van der Waals surface area contributed by atoms with E-state index < -0.39 is 6.03 Å². The second-order valence-corrected chi connectivity index (χ2v) is 5.45. The predicted octanol–water partition coefficient (Wildman–Crippen LogP) is 1.39. The van der Waals surface area contributed by atoms with Crippen LogP contribution < -0.4 is 16.0 Å². The molecule has 1 saturated heterocycles. The third-order valence-electron chi connectivity index (χ3n) is 2.67. The summed E-state index contributed by atoms with van der Waals surface area (Å²) in [6.07, 6.45) is 0. The third-order valence-corrected chi connectivity index (χ3v) is 4.15. The number of carbonyl (C=O) groups is 1. The average Bonchev–Trinajstić information content (AvgIpc) is 2.88. The summed E-state index contributed by atoms with van der Waals surface area (Å²) < 4.78 is 5.58. The summed E-state index contributed by atoms with van der Waals surface area (Å²) in [6, 6.07) is 6.46. The van der Waals surface area contributed by atoms with Crippen molar-refractivity contribution in [2.24, 2.45) is 5.84 Å². The minimum absolute atomic E-state index is 0.188. The number of thioether (sulfide) groups is 1. The molecule has 1 atom stereocenters. The SMILES string of the molecule is NNC(=O)N1C(=C=O)CSC1COc1ccccc1Cl. The molecule has 0 spiro atoms. The first-order valence-corrected chi connectivity index (χ1v) is 7.12. The molecule has 1 heterocycles. The molecule has 2 rings (SSSR count). The average molecular weight is 314 g/mol. The molecule has 0 bridgehead atoms. The number of hydrazine groups is 1. The van der Waals surface area contributed by atoms with Crippen LogP contribution in [0.3, 0.4) is 0 Å². The number of hydrogen-bond donors (Lipinski definition) is 2. The van der Waals surface area contributed by atoms with Crippen LogP contribution >= 0.6 is 23.4 Å². The molecule has 1 aromatic carbocycles. The quantitative estimate of drug-likeness (QED) is 0.381. The Hall–Kier alpha value is -1.66. The number of urea groups is 1. The summed E-state index contributed by atoms with van der Waals surface area (Å²) in [6.45, 7) is 0.188. The molecule has 1 aliphatic rings. The zero-order chi connectivity index (χ0) is 14.5. The standard InChI is InChI=1S/C12H12ClN3O3S/c13-9-3-1-2-4-10(9)19-6-11-16(12(18)15-14)8(5-17)7-20-11/h1-4,11H,6-7,14H2,(H,15,18). The van der Waals surface area contributed by atoms with Crippen LogP contribution in [0.5, 0.6) is 5.75 Å². The van der Waals surface area contributed by atoms with Crippen molar-refractivity contribution in [1.82, 2.24) is 10.3 Å². The third kappa shape index (κ3) is 3.08. The topological polar surface area (TPSA) is 84.7 Å². The molecule has 1 aromatic rings. The Kier molecular flexibility index (Phi) is 4.92. The fraction of sp³-hybridized carbons (Fsp3) is 0.250. The van der Waals surface area contributed by atoms with E-state index in [1.807, 2.05) is 5.43 Å². The van der Waals surface area contributed by atoms with Crippen molar-refractivity contribution < 1.29 is 14.3 Å². The van der Waals surface area contributed by atoms with Crippen molar-refractivity contribution in [2.75, 3.05) is 12.4 Å². The Labute approximate surface area is 124 Å². The summed E-state index contributed by atoms with van der Waals surface area (Å²) in [5, 5.41) is 0.128. The largest absolute Gasteiger partial charge is 0.489 e. The van der Waals surface area contributed by atoms with Gasteiger partial charge in [-0.15, -0.1) is 11.8 Å². The van der Waals surface area contributed by atoms with Gasteiger partial charge in [-0.1, -0.05) is 23.7 Å². The van der Waals surface area contributed by atoms with Crippen LogP contribution in [0.2, 0.25) is 5.02 Å². The lowest BCUT2D eigenvalue weighted by molar-refractivity contribution is 0.194. The molecule has 1 fully saturated rings. The maximum absolute atomic E-state index is 11.7. The molecule has 0 aliphatic carbocycles. The van der Waals surface area contributed by atoms with E-state index in [-0.39, 0.29) is 17.7 Å². The van der Waals surface area contributed by atoms with E-state index in [2.05, 4.69) is 0 Å². The molecule has 6 nitrogen and oxygen atoms in total. The number of amides is 2. The predicted molar refractivity (Wildman–Crippen MR) is 77.0 cm³/mol. The van der Waals surface area contributed by atoms with Crippen molar-refractivity contribution in [1.29, 1.82) is 0 Å². The van der Waals surface area contributed by atoms with Crippen LogP contribution in [0, 0.1) is 0 Å². The van der Waals surface area contributed by atoms with Crippen LogP contribution in [-0.2, 0) is 4.79 Å². The van der Waals surface area contributed by atoms with Gasteiger partial charge in [0, 0.05) is 5.75 Å². The lowest BCUT2D eigenvalue weighted by atomic mass is 10.3. The lowest BCUT2D eigenvalue weighted by Crippen LogP contribution is -2.46. The van der Waals surface area contributed by atoms with E-state index in [1.54, 1.807) is 30.2 Å². The van der Waals surface area contributed by atoms with E-state index in [0.29, 0.717) is 16.5 Å². The van der Waals surface area contributed by atoms with Gasteiger partial charge in [0.1, 0.15) is 29.4 Å². The minimum Gasteiger partial charge on any atom is -0.489 e. The number of benzene rings is 1. The van der Waals surface area contributed by atoms with E-state index >= 15 is 0 Å². The molecule has 1 aliphatic heterocycles. The summed E-state index contributed by atoms with van der Waals surface area (Å²) in [5.74, 6) is 7.75. The smallest absolute Gasteiger partial charge is 0.337 e. The van der Waals surface area contributed by atoms with Gasteiger partial charge in [-0.05, 0) is 12.1 Å². The van der Waals surface area contributed by atoms with Crippen LogP contribution in [0.4, 0.5) is 4.79 Å². The van der Waals surface area contributed by atoms with Crippen LogP contribution in [0.1, 0.15) is 0 Å². The molecule has 2 amide bonds. The number of hydrogen-bond acceptors (Lipinski definition) is 5. The number of ether oxygens (including phenoxy) is 1. The first kappa shape index (κ1) is 14.7. The van der Waals surface area contributed by atoms with E-state index in [4.69, 9.17) is 22.2 Å². The first-order chi connectivity index (χ1) is 9.67. The van der Waals surface area contributed by atoms with Gasteiger partial charge in [-0.2, -0.15) is 0 Å². The Morgan fingerprint density at radius 2 is 2.35 bits per heavy atom. The van der Waals surface area contributed by atoms with Crippen LogP contribution in [-0.4, -0.2) is 34.6 Å². The van der Waals surface area contributed by atoms with Crippen molar-refractivity contribution in [3.63, 3.8) is 0 Å². The Balaban J connectivity index is 2.07. The highest BCUT2D eigenvalue weighted by atomic mass is 35.5. The highest BCUT2D eigenvalue weighted by Crippen LogP contribution is 2.31. The number of para-hydroxylation sites is 1. The van der Waals surface area contributed by atoms with Gasteiger partial charge in [0.25, 0.3) is 0 Å². The normalized spacial score (nSPS) is 17.8. The fourth-order valence-corrected chi connectivity index (χ4v) is 3.01. The van der Waals surface area contributed by atoms with Gasteiger partial charge in [-0.3, -0.25) is 10.3 Å². The van der Waals surface area contributed by atoms with Crippen LogP contribution in [0.15, 0.2) is 30.0 Å². The minimum atomic E-state index is -0.568. The maximum Gasteiger partial charge on any atom is 0.337 e. The molecule has 0 aromatic heterocycles. The van der Waals surface area contributed by atoms with Crippen molar-refractivity contribution >= 4 is 35.3 Å². The lowest BCUT2D eigenvalue weighted by Gasteiger charge is -2.22. The molecule has 8 heteroatoms. The summed E-state index contributed by atoms with van der Waals surface area (Å²) in [4.78, 5) is 23.7. The molecule has 106 valence electrons. The molecular formula is C12H12ClN3O3S. The summed E-state index contributed by atoms with van der Waals surface area (Å²) >= 11 is 7.37. The van der Waals surface area contributed by atoms with E-state index in [9.17, 15) is 9.59 Å². The van der Waals surface area contributed by atoms with Gasteiger partial charge < -0.3 is 4.74 Å². The zero-order valence-corrected chi connectivity index (χ0v) is 11.9. The van der Waals surface area contributed by atoms with E-state index in [0.717, 1.165) is 0 Å². The van der Waals surface area contributed by atoms with Gasteiger partial charge >= 0.3 is 6.03 Å². The Bertz CT molecular complexity index is 563. The number of carbonyl (C=O) groups excluding carboxylic acids is 2. The van der Waals surface area contributed by atoms with Gasteiger partial charge in [0.2, 0.25) is 0 Å². The molecule has 3 N–H and O–H groups in total. The Morgan fingerprint density at radius 1 is 1.60 bits per heavy atom. The van der Waals surface area contributed by atoms with Gasteiger partial charge in [0.15, 0.2) is 0 Å². The number of nitrogens with two attached hydrogens (primary N) is 1. The van der Waals surface area contributed by atoms with E-state index in [1.165, 1.54) is 16.7 Å². The second-order valence-electron chi connectivity index (χ2n) is 3.88. The Morgan fingerprint density at radius 3 is 3.00 bits per heavy atom.